The van der Waals surface area contributed by atoms with E-state index in [4.69, 9.17) is 9.84 Å². The molecule has 1 aliphatic rings. The van der Waals surface area contributed by atoms with Gasteiger partial charge in [-0.15, -0.1) is 0 Å². The SMILES string of the molecule is O=C(CC1COCCN1)Nc1ccccc1CO. The smallest absolute Gasteiger partial charge is 0.226 e. The highest BCUT2D eigenvalue weighted by Crippen LogP contribution is 2.15. The average molecular weight is 250 g/mol. The van der Waals surface area contributed by atoms with E-state index >= 15 is 0 Å². The zero-order valence-electron chi connectivity index (χ0n) is 10.2. The molecule has 1 unspecified atom stereocenters. The van der Waals surface area contributed by atoms with Crippen LogP contribution in [-0.4, -0.2) is 36.8 Å². The first kappa shape index (κ1) is 13.0. The fourth-order valence-corrected chi connectivity index (χ4v) is 1.96. The lowest BCUT2D eigenvalue weighted by atomic mass is 10.1. The number of nitrogens with one attached hydrogen (secondary N) is 2. The van der Waals surface area contributed by atoms with Gasteiger partial charge in [-0.05, 0) is 6.07 Å². The van der Waals surface area contributed by atoms with E-state index in [9.17, 15) is 4.79 Å². The minimum atomic E-state index is -0.0821. The third-order valence-electron chi connectivity index (χ3n) is 2.89. The van der Waals surface area contributed by atoms with Crippen molar-refractivity contribution in [1.82, 2.24) is 5.32 Å². The number of aliphatic hydroxyl groups is 1. The Labute approximate surface area is 106 Å². The highest BCUT2D eigenvalue weighted by molar-refractivity contribution is 5.91. The van der Waals surface area contributed by atoms with Crippen molar-refractivity contribution >= 4 is 11.6 Å². The highest BCUT2D eigenvalue weighted by atomic mass is 16.5. The number of carbonyl (C=O) groups is 1. The van der Waals surface area contributed by atoms with Crippen LogP contribution >= 0.6 is 0 Å². The molecule has 1 aromatic rings. The Balaban J connectivity index is 1.90. The van der Waals surface area contributed by atoms with Gasteiger partial charge in [0.1, 0.15) is 0 Å². The number of hydrogen-bond acceptors (Lipinski definition) is 4. The lowest BCUT2D eigenvalue weighted by Crippen LogP contribution is -2.43. The summed E-state index contributed by atoms with van der Waals surface area (Å²) in [5, 5.41) is 15.2. The molecule has 18 heavy (non-hydrogen) atoms. The minimum Gasteiger partial charge on any atom is -0.392 e. The summed E-state index contributed by atoms with van der Waals surface area (Å²) in [6.07, 6.45) is 0.375. The molecular weight excluding hydrogens is 232 g/mol. The van der Waals surface area contributed by atoms with Crippen LogP contribution in [0.4, 0.5) is 5.69 Å². The Morgan fingerprint density at radius 2 is 2.33 bits per heavy atom. The van der Waals surface area contributed by atoms with Crippen LogP contribution in [0.2, 0.25) is 0 Å². The molecule has 5 nitrogen and oxygen atoms in total. The molecule has 1 aliphatic heterocycles. The van der Waals surface area contributed by atoms with Gasteiger partial charge in [-0.25, -0.2) is 0 Å². The van der Waals surface area contributed by atoms with E-state index in [1.165, 1.54) is 0 Å². The Hall–Kier alpha value is -1.43. The first-order chi connectivity index (χ1) is 8.79. The first-order valence-corrected chi connectivity index (χ1v) is 6.09. The fourth-order valence-electron chi connectivity index (χ4n) is 1.96. The van der Waals surface area contributed by atoms with Gasteiger partial charge < -0.3 is 20.5 Å². The second kappa shape index (κ2) is 6.49. The molecular formula is C13H18N2O3. The molecule has 1 heterocycles. The lowest BCUT2D eigenvalue weighted by Gasteiger charge is -2.23. The molecule has 0 bridgehead atoms. The van der Waals surface area contributed by atoms with E-state index in [-0.39, 0.29) is 18.6 Å². The molecule has 1 saturated heterocycles. The third kappa shape index (κ3) is 3.53. The largest absolute Gasteiger partial charge is 0.392 e. The molecule has 0 saturated carbocycles. The topological polar surface area (TPSA) is 70.6 Å². The van der Waals surface area contributed by atoms with Gasteiger partial charge in [0.15, 0.2) is 0 Å². The van der Waals surface area contributed by atoms with Gasteiger partial charge >= 0.3 is 0 Å². The van der Waals surface area contributed by atoms with Crippen LogP contribution in [0, 0.1) is 0 Å². The Morgan fingerprint density at radius 3 is 3.06 bits per heavy atom. The second-order valence-corrected chi connectivity index (χ2v) is 4.29. The molecule has 1 amide bonds. The van der Waals surface area contributed by atoms with E-state index in [1.807, 2.05) is 12.1 Å². The Morgan fingerprint density at radius 1 is 1.50 bits per heavy atom. The molecule has 2 rings (SSSR count). The molecule has 0 spiro atoms. The number of anilines is 1. The van der Waals surface area contributed by atoms with Crippen molar-refractivity contribution in [2.75, 3.05) is 25.1 Å². The van der Waals surface area contributed by atoms with Crippen molar-refractivity contribution in [3.8, 4) is 0 Å². The van der Waals surface area contributed by atoms with E-state index in [1.54, 1.807) is 12.1 Å². The zero-order valence-corrected chi connectivity index (χ0v) is 10.2. The van der Waals surface area contributed by atoms with E-state index in [0.29, 0.717) is 25.3 Å². The second-order valence-electron chi connectivity index (χ2n) is 4.29. The van der Waals surface area contributed by atoms with Crippen molar-refractivity contribution in [2.24, 2.45) is 0 Å². The Kier molecular flexibility index (Phi) is 4.69. The predicted octanol–water partition coefficient (Wildman–Crippen LogP) is 0.496. The summed E-state index contributed by atoms with van der Waals surface area (Å²) < 4.78 is 5.30. The molecule has 0 radical (unpaired) electrons. The summed E-state index contributed by atoms with van der Waals surface area (Å²) in [5.74, 6) is -0.0705. The van der Waals surface area contributed by atoms with E-state index in [2.05, 4.69) is 10.6 Å². The van der Waals surface area contributed by atoms with Crippen molar-refractivity contribution in [1.29, 1.82) is 0 Å². The van der Waals surface area contributed by atoms with Crippen molar-refractivity contribution in [2.45, 2.75) is 19.1 Å². The summed E-state index contributed by atoms with van der Waals surface area (Å²) >= 11 is 0. The van der Waals surface area contributed by atoms with Crippen LogP contribution < -0.4 is 10.6 Å². The van der Waals surface area contributed by atoms with Gasteiger partial charge in [-0.3, -0.25) is 4.79 Å². The first-order valence-electron chi connectivity index (χ1n) is 6.09. The van der Waals surface area contributed by atoms with Gasteiger partial charge in [0, 0.05) is 30.3 Å². The van der Waals surface area contributed by atoms with Gasteiger partial charge in [-0.2, -0.15) is 0 Å². The summed E-state index contributed by atoms with van der Waals surface area (Å²) in [4.78, 5) is 11.9. The maximum atomic E-state index is 11.9. The number of benzene rings is 1. The minimum absolute atomic E-state index is 0.0695. The summed E-state index contributed by atoms with van der Waals surface area (Å²) in [7, 11) is 0. The van der Waals surface area contributed by atoms with Gasteiger partial charge in [0.05, 0.1) is 19.8 Å². The predicted molar refractivity (Wildman–Crippen MR) is 68.2 cm³/mol. The molecule has 5 heteroatoms. The molecule has 1 atom stereocenters. The Bertz CT molecular complexity index is 403. The summed E-state index contributed by atoms with van der Waals surface area (Å²) in [5.41, 5.74) is 1.39. The van der Waals surface area contributed by atoms with Gasteiger partial charge in [-0.1, -0.05) is 18.2 Å². The number of carbonyl (C=O) groups excluding carboxylic acids is 1. The summed E-state index contributed by atoms with van der Waals surface area (Å²) in [6.45, 7) is 1.97. The van der Waals surface area contributed by atoms with Crippen LogP contribution in [0.1, 0.15) is 12.0 Å². The number of morpholine rings is 1. The van der Waals surface area contributed by atoms with E-state index < -0.39 is 0 Å². The number of para-hydroxylation sites is 1. The maximum absolute atomic E-state index is 11.9. The quantitative estimate of drug-likeness (QED) is 0.727. The fraction of sp³-hybridized carbons (Fsp3) is 0.462. The summed E-state index contributed by atoms with van der Waals surface area (Å²) in [6, 6.07) is 7.31. The highest BCUT2D eigenvalue weighted by Gasteiger charge is 2.17. The van der Waals surface area contributed by atoms with Crippen LogP contribution in [0.25, 0.3) is 0 Å². The number of rotatable bonds is 4. The van der Waals surface area contributed by atoms with Crippen molar-refractivity contribution in [3.05, 3.63) is 29.8 Å². The monoisotopic (exact) mass is 250 g/mol. The van der Waals surface area contributed by atoms with Crippen LogP contribution in [0.15, 0.2) is 24.3 Å². The van der Waals surface area contributed by atoms with Crippen molar-refractivity contribution < 1.29 is 14.6 Å². The number of ether oxygens (including phenoxy) is 1. The van der Waals surface area contributed by atoms with Crippen LogP contribution in [-0.2, 0) is 16.1 Å². The zero-order chi connectivity index (χ0) is 12.8. The number of hydrogen-bond donors (Lipinski definition) is 3. The molecule has 0 aromatic heterocycles. The van der Waals surface area contributed by atoms with Crippen LogP contribution in [0.3, 0.4) is 0 Å². The van der Waals surface area contributed by atoms with Crippen LogP contribution in [0.5, 0.6) is 0 Å². The standard InChI is InChI=1S/C13H18N2O3/c16-8-10-3-1-2-4-12(10)15-13(17)7-11-9-18-6-5-14-11/h1-4,11,14,16H,5-9H2,(H,15,17). The van der Waals surface area contributed by atoms with Crippen molar-refractivity contribution in [3.63, 3.8) is 0 Å². The number of amides is 1. The maximum Gasteiger partial charge on any atom is 0.226 e. The van der Waals surface area contributed by atoms with Gasteiger partial charge in [0.2, 0.25) is 5.91 Å². The third-order valence-corrected chi connectivity index (χ3v) is 2.89. The molecule has 1 aromatic carbocycles. The molecule has 3 N–H and O–H groups in total. The normalized spacial score (nSPS) is 19.5. The number of aliphatic hydroxyl groups excluding tert-OH is 1. The molecule has 98 valence electrons. The molecule has 1 fully saturated rings. The van der Waals surface area contributed by atoms with E-state index in [0.717, 1.165) is 12.1 Å². The van der Waals surface area contributed by atoms with Gasteiger partial charge in [0.25, 0.3) is 0 Å². The molecule has 0 aliphatic carbocycles. The lowest BCUT2D eigenvalue weighted by molar-refractivity contribution is -0.117. The average Bonchev–Trinajstić information content (AvgIpc) is 2.40.